The van der Waals surface area contributed by atoms with Crippen molar-refractivity contribution in [2.24, 2.45) is 0 Å². The fourth-order valence-corrected chi connectivity index (χ4v) is 5.58. The number of H-pyrrole nitrogens is 1. The summed E-state index contributed by atoms with van der Waals surface area (Å²) < 4.78 is 63.8. The number of aromatic amines is 1. The molecule has 0 amide bonds. The molecule has 0 spiro atoms. The van der Waals surface area contributed by atoms with Gasteiger partial charge in [0.05, 0.1) is 17.9 Å². The van der Waals surface area contributed by atoms with Gasteiger partial charge in [0.25, 0.3) is 17.6 Å². The van der Waals surface area contributed by atoms with E-state index in [0.717, 1.165) is 46.3 Å². The number of carbonyl (C=O) groups excluding carboxylic acids is 1. The van der Waals surface area contributed by atoms with Gasteiger partial charge in [-0.05, 0) is 59.7 Å². The summed E-state index contributed by atoms with van der Waals surface area (Å²) in [4.78, 5) is 42.5. The first-order valence-corrected chi connectivity index (χ1v) is 18.6. The third-order valence-electron chi connectivity index (χ3n) is 7.81. The van der Waals surface area contributed by atoms with Gasteiger partial charge in [-0.1, -0.05) is 62.6 Å². The molecular formula is C41H31BrCs2F4N8O7. The number of hydrogen-bond donors (Lipinski definition) is 1. The standard InChI is InChI=1S/C20H14F2N4O2.C10H9BrN2O.C10H6F2N2O.CH2O3.2Cs.H/c1-12-23-20(25-28-12)14-4-2-3-13(7-14)11-26-19(27)6-5-18(24-26)15-8-16(21)10-17(22)9-15;1-7-12-10(13-14-7)9-4-2-3-8(5-9)6-11;11-7-3-6(4-8(12)5-7)9-1-2-10(15)14-13-9;2-1-4-3;;;/h2-10H,11H2,1H3;2-5H,6H2,1H3;1-5H,(H,14,15);1,3H;;;/q;;;;2*+1;-1/p-1. The third-order valence-corrected chi connectivity index (χ3v) is 8.46. The molecule has 0 atom stereocenters. The molecule has 4 aromatic carbocycles. The number of rotatable bonds is 8. The van der Waals surface area contributed by atoms with Gasteiger partial charge in [0.1, 0.15) is 23.3 Å². The van der Waals surface area contributed by atoms with Crippen LogP contribution in [0.3, 0.4) is 0 Å². The minimum Gasteiger partial charge on any atom is -1.00 e. The first kappa shape index (κ1) is 54.0. The molecule has 0 saturated heterocycles. The van der Waals surface area contributed by atoms with Crippen molar-refractivity contribution in [3.05, 3.63) is 176 Å². The molecule has 0 aliphatic carbocycles. The molecule has 0 unspecified atom stereocenters. The van der Waals surface area contributed by atoms with Crippen LogP contribution in [0.5, 0.6) is 0 Å². The number of hydrogen-bond acceptors (Lipinski definition) is 13. The van der Waals surface area contributed by atoms with Gasteiger partial charge >= 0.3 is 138 Å². The molecular weight excluding hydrogens is 1140 g/mol. The van der Waals surface area contributed by atoms with Crippen LogP contribution in [0, 0.1) is 37.1 Å². The topological polar surface area (TPSA) is 208 Å². The Balaban J connectivity index is 0.000000333. The first-order valence-electron chi connectivity index (χ1n) is 17.5. The van der Waals surface area contributed by atoms with E-state index in [4.69, 9.17) is 19.1 Å². The molecule has 4 aromatic heterocycles. The number of aryl methyl sites for hydroxylation is 2. The van der Waals surface area contributed by atoms with Gasteiger partial charge in [0, 0.05) is 65.7 Å². The van der Waals surface area contributed by atoms with Gasteiger partial charge in [-0.15, -0.1) is 0 Å². The average Bonchev–Trinajstić information content (AvgIpc) is 3.90. The molecule has 0 aliphatic heterocycles. The Hall–Kier alpha value is -3.35. The van der Waals surface area contributed by atoms with Crippen LogP contribution in [0.2, 0.25) is 0 Å². The van der Waals surface area contributed by atoms with E-state index < -0.39 is 23.3 Å². The van der Waals surface area contributed by atoms with Crippen molar-refractivity contribution in [2.45, 2.75) is 25.7 Å². The number of nitrogens with one attached hydrogen (secondary N) is 1. The van der Waals surface area contributed by atoms with Crippen LogP contribution >= 0.6 is 15.9 Å². The van der Waals surface area contributed by atoms with Crippen molar-refractivity contribution in [1.82, 2.24) is 40.3 Å². The van der Waals surface area contributed by atoms with Crippen molar-refractivity contribution >= 4 is 22.4 Å². The maximum absolute atomic E-state index is 13.5. The maximum Gasteiger partial charge on any atom is 1.00 e. The minimum atomic E-state index is -0.711. The van der Waals surface area contributed by atoms with Crippen LogP contribution in [-0.2, 0) is 21.6 Å². The average molecular weight is 1170 g/mol. The van der Waals surface area contributed by atoms with Crippen LogP contribution in [0.1, 0.15) is 24.3 Å². The second-order valence-electron chi connectivity index (χ2n) is 12.3. The molecule has 8 rings (SSSR count). The molecule has 22 heteroatoms. The molecule has 15 nitrogen and oxygen atoms in total. The minimum absolute atomic E-state index is 0. The van der Waals surface area contributed by atoms with Gasteiger partial charge in [-0.2, -0.15) is 20.2 Å². The fraction of sp³-hybridized carbons (Fsp3) is 0.0976. The second kappa shape index (κ2) is 27.2. The monoisotopic (exact) mass is 1170 g/mol. The predicted molar refractivity (Wildman–Crippen MR) is 213 cm³/mol. The predicted octanol–water partition coefficient (Wildman–Crippen LogP) is 0.805. The normalized spacial score (nSPS) is 9.97. The van der Waals surface area contributed by atoms with Crippen LogP contribution in [-0.4, -0.2) is 46.7 Å². The van der Waals surface area contributed by atoms with E-state index in [-0.39, 0.29) is 174 Å². The zero-order valence-corrected chi connectivity index (χ0v) is 47.9. The maximum atomic E-state index is 13.5. The smallest absolute Gasteiger partial charge is 1.00 e. The zero-order valence-electron chi connectivity index (χ0n) is 34.8. The molecule has 0 bridgehead atoms. The summed E-state index contributed by atoms with van der Waals surface area (Å²) in [6, 6.07) is 26.9. The SMILES string of the molecule is Cc1nc(-c2cccc(CBr)c2)no1.Cc1nc(-c2cccc(Cn3nc(-c4cc(F)cc(F)c4)ccc3=O)c2)no1.O=CO[O-].O=c1ccc(-c2cc(F)cc(F)c2)n[nH]1.[Cs+].[Cs+].[H-]. The van der Waals surface area contributed by atoms with E-state index in [0.29, 0.717) is 34.8 Å². The summed E-state index contributed by atoms with van der Waals surface area (Å²) >= 11 is 3.41. The van der Waals surface area contributed by atoms with Crippen molar-refractivity contribution in [2.75, 3.05) is 0 Å². The van der Waals surface area contributed by atoms with E-state index >= 15 is 0 Å². The van der Waals surface area contributed by atoms with Crippen molar-refractivity contribution in [3.63, 3.8) is 0 Å². The molecule has 63 heavy (non-hydrogen) atoms. The summed E-state index contributed by atoms with van der Waals surface area (Å²) in [6.07, 6.45) is 0. The summed E-state index contributed by atoms with van der Waals surface area (Å²) in [7, 11) is 0. The number of halogens is 5. The molecule has 1 N–H and O–H groups in total. The Morgan fingerprint density at radius 1 is 0.698 bits per heavy atom. The fourth-order valence-electron chi connectivity index (χ4n) is 5.23. The van der Waals surface area contributed by atoms with E-state index in [1.807, 2.05) is 48.5 Å². The molecule has 0 radical (unpaired) electrons. The summed E-state index contributed by atoms with van der Waals surface area (Å²) in [5, 5.41) is 27.1. The molecule has 314 valence electrons. The van der Waals surface area contributed by atoms with E-state index in [1.165, 1.54) is 46.6 Å². The first-order chi connectivity index (χ1) is 29.3. The number of benzene rings is 4. The molecule has 0 fully saturated rings. The third kappa shape index (κ3) is 17.2. The van der Waals surface area contributed by atoms with E-state index in [1.54, 1.807) is 13.8 Å². The number of aromatic nitrogens is 8. The van der Waals surface area contributed by atoms with Gasteiger partial charge in [-0.25, -0.2) is 27.3 Å². The largest absolute Gasteiger partial charge is 1.00 e. The Labute approximate surface area is 482 Å². The molecule has 4 heterocycles. The molecule has 0 aliphatic rings. The summed E-state index contributed by atoms with van der Waals surface area (Å²) in [5.74, 6) is -0.655. The van der Waals surface area contributed by atoms with Crippen molar-refractivity contribution in [1.29, 1.82) is 0 Å². The van der Waals surface area contributed by atoms with Gasteiger partial charge in [0.2, 0.25) is 23.4 Å². The van der Waals surface area contributed by atoms with E-state index in [2.05, 4.69) is 56.4 Å². The summed E-state index contributed by atoms with van der Waals surface area (Å²) in [5.41, 5.74) is 4.16. The van der Waals surface area contributed by atoms with Crippen LogP contribution in [0.25, 0.3) is 45.3 Å². The van der Waals surface area contributed by atoms with Gasteiger partial charge in [0.15, 0.2) is 0 Å². The molecule has 8 aromatic rings. The summed E-state index contributed by atoms with van der Waals surface area (Å²) in [6.45, 7) is 3.48. The Kier molecular flexibility index (Phi) is 23.3. The van der Waals surface area contributed by atoms with E-state index in [9.17, 15) is 27.2 Å². The van der Waals surface area contributed by atoms with Crippen molar-refractivity contribution < 1.29 is 181 Å². The van der Waals surface area contributed by atoms with Crippen LogP contribution in [0.4, 0.5) is 17.6 Å². The number of nitrogens with zero attached hydrogens (tertiary/aromatic N) is 7. The van der Waals surface area contributed by atoms with Crippen LogP contribution in [0.15, 0.2) is 128 Å². The van der Waals surface area contributed by atoms with Gasteiger partial charge in [-0.3, -0.25) is 14.4 Å². The Morgan fingerprint density at radius 2 is 1.17 bits per heavy atom. The van der Waals surface area contributed by atoms with Crippen LogP contribution < -0.4 is 154 Å². The Morgan fingerprint density at radius 3 is 1.62 bits per heavy atom. The van der Waals surface area contributed by atoms with Gasteiger partial charge < -0.3 is 20.6 Å². The zero-order chi connectivity index (χ0) is 43.9. The van der Waals surface area contributed by atoms with Crippen molar-refractivity contribution in [3.8, 4) is 45.3 Å². The number of alkyl halides is 1. The Bertz CT molecular complexity index is 2810. The second-order valence-corrected chi connectivity index (χ2v) is 12.9. The quantitative estimate of drug-likeness (QED) is 0.0736. The molecule has 0 saturated carbocycles. The number of carbonyl (C=O) groups is 1.